The number of aromatic nitrogens is 1. The Kier molecular flexibility index (Phi) is 3.41. The van der Waals surface area contributed by atoms with E-state index in [1.807, 2.05) is 31.2 Å². The van der Waals surface area contributed by atoms with Gasteiger partial charge in [0.25, 0.3) is 0 Å². The van der Waals surface area contributed by atoms with Crippen molar-refractivity contribution in [2.24, 2.45) is 0 Å². The van der Waals surface area contributed by atoms with E-state index < -0.39 is 0 Å². The summed E-state index contributed by atoms with van der Waals surface area (Å²) in [5, 5.41) is 3.16. The topological polar surface area (TPSA) is 48.1 Å². The van der Waals surface area contributed by atoms with E-state index >= 15 is 0 Å². The normalized spacial score (nSPS) is 10.3. The molecule has 0 spiro atoms. The molecule has 16 heavy (non-hydrogen) atoms. The molecule has 2 N–H and O–H groups in total. The summed E-state index contributed by atoms with van der Waals surface area (Å²) < 4.78 is 5.58. The van der Waals surface area contributed by atoms with Gasteiger partial charge in [-0.05, 0) is 19.1 Å². The Bertz CT molecular complexity index is 468. The first kappa shape index (κ1) is 11.0. The van der Waals surface area contributed by atoms with Crippen LogP contribution in [0.5, 0.6) is 5.75 Å². The molecule has 0 saturated carbocycles. The summed E-state index contributed by atoms with van der Waals surface area (Å²) in [6.07, 6.45) is 0.832. The SMILES string of the molecule is Cc1nc(CCOc2cccc(N)c2)cs1. The van der Waals surface area contributed by atoms with E-state index in [9.17, 15) is 0 Å². The second-order valence-electron chi connectivity index (χ2n) is 3.53. The van der Waals surface area contributed by atoms with Crippen LogP contribution >= 0.6 is 11.3 Å². The van der Waals surface area contributed by atoms with Crippen LogP contribution in [0.25, 0.3) is 0 Å². The predicted octanol–water partition coefficient (Wildman–Crippen LogP) is 2.66. The fraction of sp³-hybridized carbons (Fsp3) is 0.250. The van der Waals surface area contributed by atoms with Crippen molar-refractivity contribution >= 4 is 17.0 Å². The van der Waals surface area contributed by atoms with Crippen molar-refractivity contribution in [3.63, 3.8) is 0 Å². The summed E-state index contributed by atoms with van der Waals surface area (Å²) in [5.41, 5.74) is 7.47. The van der Waals surface area contributed by atoms with Crippen molar-refractivity contribution in [3.05, 3.63) is 40.3 Å². The standard InChI is InChI=1S/C12H14N2OS/c1-9-14-11(8-16-9)5-6-15-12-4-2-3-10(13)7-12/h2-4,7-8H,5-6,13H2,1H3. The third-order valence-corrected chi connectivity index (χ3v) is 2.97. The maximum absolute atomic E-state index is 5.65. The zero-order chi connectivity index (χ0) is 11.4. The molecule has 0 unspecified atom stereocenters. The van der Waals surface area contributed by atoms with Gasteiger partial charge in [-0.2, -0.15) is 0 Å². The molecule has 2 aromatic rings. The first-order valence-electron chi connectivity index (χ1n) is 5.13. The highest BCUT2D eigenvalue weighted by molar-refractivity contribution is 7.09. The molecule has 0 aliphatic heterocycles. The molecule has 0 aliphatic rings. The molecule has 0 atom stereocenters. The maximum Gasteiger partial charge on any atom is 0.121 e. The number of hydrogen-bond acceptors (Lipinski definition) is 4. The summed E-state index contributed by atoms with van der Waals surface area (Å²) in [6.45, 7) is 2.64. The van der Waals surface area contributed by atoms with Crippen LogP contribution in [0.3, 0.4) is 0 Å². The molecule has 0 bridgehead atoms. The summed E-state index contributed by atoms with van der Waals surface area (Å²) in [6, 6.07) is 7.46. The molecule has 84 valence electrons. The highest BCUT2D eigenvalue weighted by Gasteiger charge is 1.99. The van der Waals surface area contributed by atoms with Gasteiger partial charge in [-0.25, -0.2) is 4.98 Å². The van der Waals surface area contributed by atoms with Crippen molar-refractivity contribution in [1.29, 1.82) is 0 Å². The van der Waals surface area contributed by atoms with Crippen LogP contribution in [0, 0.1) is 6.92 Å². The van der Waals surface area contributed by atoms with Crippen LogP contribution in [0.1, 0.15) is 10.7 Å². The molecular formula is C12H14N2OS. The number of anilines is 1. The predicted molar refractivity (Wildman–Crippen MR) is 66.9 cm³/mol. The molecule has 1 aromatic carbocycles. The first-order valence-corrected chi connectivity index (χ1v) is 6.01. The zero-order valence-electron chi connectivity index (χ0n) is 9.14. The van der Waals surface area contributed by atoms with Gasteiger partial charge in [0.1, 0.15) is 5.75 Å². The Morgan fingerprint density at radius 3 is 3.00 bits per heavy atom. The maximum atomic E-state index is 5.65. The lowest BCUT2D eigenvalue weighted by Crippen LogP contribution is -2.01. The molecule has 0 fully saturated rings. The quantitative estimate of drug-likeness (QED) is 0.827. The molecule has 0 aliphatic carbocycles. The van der Waals surface area contributed by atoms with Crippen LogP contribution < -0.4 is 10.5 Å². The highest BCUT2D eigenvalue weighted by Crippen LogP contribution is 2.15. The molecule has 4 heteroatoms. The van der Waals surface area contributed by atoms with Gasteiger partial charge < -0.3 is 10.5 Å². The Hall–Kier alpha value is -1.55. The molecule has 3 nitrogen and oxygen atoms in total. The van der Waals surface area contributed by atoms with Crippen LogP contribution in [0.4, 0.5) is 5.69 Å². The Morgan fingerprint density at radius 1 is 1.44 bits per heavy atom. The Morgan fingerprint density at radius 2 is 2.31 bits per heavy atom. The molecule has 1 aromatic heterocycles. The third-order valence-electron chi connectivity index (χ3n) is 2.15. The monoisotopic (exact) mass is 234 g/mol. The number of aryl methyl sites for hydroxylation is 1. The number of hydrogen-bond donors (Lipinski definition) is 1. The van der Waals surface area contributed by atoms with Crippen molar-refractivity contribution in [1.82, 2.24) is 4.98 Å². The number of benzene rings is 1. The number of thiazole rings is 1. The van der Waals surface area contributed by atoms with Crippen molar-refractivity contribution in [2.45, 2.75) is 13.3 Å². The molecule has 0 radical (unpaired) electrons. The second-order valence-corrected chi connectivity index (χ2v) is 4.59. The van der Waals surface area contributed by atoms with E-state index in [0.29, 0.717) is 6.61 Å². The largest absolute Gasteiger partial charge is 0.493 e. The van der Waals surface area contributed by atoms with Crippen LogP contribution in [0.2, 0.25) is 0 Å². The summed E-state index contributed by atoms with van der Waals surface area (Å²) in [5.74, 6) is 0.812. The minimum atomic E-state index is 0.632. The highest BCUT2D eigenvalue weighted by atomic mass is 32.1. The fourth-order valence-electron chi connectivity index (χ4n) is 1.40. The fourth-order valence-corrected chi connectivity index (χ4v) is 2.05. The van der Waals surface area contributed by atoms with Gasteiger partial charge >= 0.3 is 0 Å². The van der Waals surface area contributed by atoms with Crippen LogP contribution in [-0.2, 0) is 6.42 Å². The number of nitrogen functional groups attached to an aromatic ring is 1. The van der Waals surface area contributed by atoms with Crippen molar-refractivity contribution in [3.8, 4) is 5.75 Å². The average molecular weight is 234 g/mol. The van der Waals surface area contributed by atoms with Gasteiger partial charge in [-0.1, -0.05) is 6.07 Å². The van der Waals surface area contributed by atoms with E-state index in [1.54, 1.807) is 11.3 Å². The van der Waals surface area contributed by atoms with E-state index in [0.717, 1.165) is 28.6 Å². The number of rotatable bonds is 4. The number of ether oxygens (including phenoxy) is 1. The molecule has 2 rings (SSSR count). The van der Waals surface area contributed by atoms with Crippen molar-refractivity contribution in [2.75, 3.05) is 12.3 Å². The molecule has 0 amide bonds. The Balaban J connectivity index is 1.84. The van der Waals surface area contributed by atoms with Crippen LogP contribution in [-0.4, -0.2) is 11.6 Å². The molecule has 0 saturated heterocycles. The smallest absolute Gasteiger partial charge is 0.121 e. The van der Waals surface area contributed by atoms with Crippen molar-refractivity contribution < 1.29 is 4.74 Å². The number of nitrogens with zero attached hydrogens (tertiary/aromatic N) is 1. The van der Waals surface area contributed by atoms with E-state index in [2.05, 4.69) is 10.4 Å². The zero-order valence-corrected chi connectivity index (χ0v) is 9.96. The van der Waals surface area contributed by atoms with Gasteiger partial charge in [0, 0.05) is 23.6 Å². The van der Waals surface area contributed by atoms with Gasteiger partial charge in [0.2, 0.25) is 0 Å². The summed E-state index contributed by atoms with van der Waals surface area (Å²) >= 11 is 1.67. The minimum absolute atomic E-state index is 0.632. The summed E-state index contributed by atoms with van der Waals surface area (Å²) in [4.78, 5) is 4.37. The third kappa shape index (κ3) is 2.97. The molecular weight excluding hydrogens is 220 g/mol. The number of nitrogens with two attached hydrogens (primary N) is 1. The lowest BCUT2D eigenvalue weighted by atomic mass is 10.3. The van der Waals surface area contributed by atoms with Gasteiger partial charge in [0.05, 0.1) is 17.3 Å². The molecule has 1 heterocycles. The van der Waals surface area contributed by atoms with Gasteiger partial charge in [-0.3, -0.25) is 0 Å². The Labute approximate surface area is 98.9 Å². The van der Waals surface area contributed by atoms with Gasteiger partial charge in [-0.15, -0.1) is 11.3 Å². The lowest BCUT2D eigenvalue weighted by molar-refractivity contribution is 0.321. The van der Waals surface area contributed by atoms with Gasteiger partial charge in [0.15, 0.2) is 0 Å². The van der Waals surface area contributed by atoms with Crippen LogP contribution in [0.15, 0.2) is 29.6 Å². The second kappa shape index (κ2) is 4.99. The summed E-state index contributed by atoms with van der Waals surface area (Å²) in [7, 11) is 0. The van der Waals surface area contributed by atoms with E-state index in [-0.39, 0.29) is 0 Å². The first-order chi connectivity index (χ1) is 7.74. The average Bonchev–Trinajstić information content (AvgIpc) is 2.64. The van der Waals surface area contributed by atoms with E-state index in [1.165, 1.54) is 0 Å². The van der Waals surface area contributed by atoms with E-state index in [4.69, 9.17) is 10.5 Å². The lowest BCUT2D eigenvalue weighted by Gasteiger charge is -2.05. The minimum Gasteiger partial charge on any atom is -0.493 e.